The molecule has 8 heteroatoms. The molecule has 30 heavy (non-hydrogen) atoms. The molecule has 0 fully saturated rings. The lowest BCUT2D eigenvalue weighted by atomic mass is 10.1. The van der Waals surface area contributed by atoms with E-state index >= 15 is 0 Å². The summed E-state index contributed by atoms with van der Waals surface area (Å²) in [5.74, 6) is -0.371. The zero-order valence-corrected chi connectivity index (χ0v) is 18.6. The van der Waals surface area contributed by atoms with Crippen LogP contribution in [0.4, 0.5) is 10.1 Å². The molecule has 0 saturated carbocycles. The summed E-state index contributed by atoms with van der Waals surface area (Å²) in [5.41, 5.74) is 0.817. The van der Waals surface area contributed by atoms with E-state index in [1.165, 1.54) is 23.9 Å². The molecule has 0 spiro atoms. The normalized spacial score (nSPS) is 12.3. The van der Waals surface area contributed by atoms with Crippen LogP contribution in [0.25, 0.3) is 10.9 Å². The molecule has 1 N–H and O–H groups in total. The fourth-order valence-corrected chi connectivity index (χ4v) is 4.01. The van der Waals surface area contributed by atoms with E-state index in [0.717, 1.165) is 12.5 Å². The zero-order chi connectivity index (χ0) is 21.8. The number of anilines is 1. The van der Waals surface area contributed by atoms with Crippen LogP contribution in [0.5, 0.6) is 0 Å². The summed E-state index contributed by atoms with van der Waals surface area (Å²) in [6.07, 6.45) is 0.819. The monoisotopic (exact) mass is 447 g/mol. The molecular formula is C22H23ClFN3O2S. The van der Waals surface area contributed by atoms with Crippen LogP contribution in [0.2, 0.25) is 5.02 Å². The van der Waals surface area contributed by atoms with Crippen molar-refractivity contribution in [3.8, 4) is 0 Å². The Morgan fingerprint density at radius 1 is 1.23 bits per heavy atom. The smallest absolute Gasteiger partial charge is 0.262 e. The first-order valence-electron chi connectivity index (χ1n) is 9.68. The fraction of sp³-hybridized carbons (Fsp3) is 0.318. The molecule has 2 aromatic carbocycles. The average Bonchev–Trinajstić information content (AvgIpc) is 2.69. The van der Waals surface area contributed by atoms with Crippen LogP contribution in [0.15, 0.2) is 52.4 Å². The largest absolute Gasteiger partial charge is 0.324 e. The van der Waals surface area contributed by atoms with E-state index in [-0.39, 0.29) is 16.5 Å². The van der Waals surface area contributed by atoms with Gasteiger partial charge in [-0.05, 0) is 49.6 Å². The third-order valence-corrected chi connectivity index (χ3v) is 6.00. The number of nitrogens with one attached hydrogen (secondary N) is 1. The van der Waals surface area contributed by atoms with Crippen LogP contribution in [-0.4, -0.2) is 20.7 Å². The Labute approximate surface area is 183 Å². The summed E-state index contributed by atoms with van der Waals surface area (Å²) in [6.45, 7) is 6.43. The van der Waals surface area contributed by atoms with Gasteiger partial charge in [-0.15, -0.1) is 0 Å². The van der Waals surface area contributed by atoms with Gasteiger partial charge in [-0.25, -0.2) is 9.37 Å². The van der Waals surface area contributed by atoms with Gasteiger partial charge in [0.25, 0.3) is 5.56 Å². The Hall–Kier alpha value is -2.38. The summed E-state index contributed by atoms with van der Waals surface area (Å²) in [5, 5.41) is 3.33. The Kier molecular flexibility index (Phi) is 7.15. The molecule has 0 aliphatic carbocycles. The van der Waals surface area contributed by atoms with Crippen LogP contribution in [0, 0.1) is 11.7 Å². The third-order valence-electron chi connectivity index (χ3n) is 4.60. The molecule has 1 atom stereocenters. The molecule has 3 rings (SSSR count). The maximum absolute atomic E-state index is 13.2. The van der Waals surface area contributed by atoms with E-state index in [1.54, 1.807) is 23.6 Å². The number of benzene rings is 2. The molecule has 1 amide bonds. The van der Waals surface area contributed by atoms with Crippen molar-refractivity contribution in [1.29, 1.82) is 0 Å². The highest BCUT2D eigenvalue weighted by molar-refractivity contribution is 8.00. The first kappa shape index (κ1) is 22.3. The number of carbonyl (C=O) groups excluding carboxylic acids is 1. The molecule has 158 valence electrons. The Morgan fingerprint density at radius 3 is 2.67 bits per heavy atom. The molecule has 0 aliphatic heterocycles. The van der Waals surface area contributed by atoms with Crippen molar-refractivity contribution >= 4 is 45.9 Å². The maximum Gasteiger partial charge on any atom is 0.262 e. The topological polar surface area (TPSA) is 64.0 Å². The summed E-state index contributed by atoms with van der Waals surface area (Å²) >= 11 is 7.21. The molecule has 1 unspecified atom stereocenters. The summed E-state index contributed by atoms with van der Waals surface area (Å²) < 4.78 is 14.9. The van der Waals surface area contributed by atoms with Crippen LogP contribution < -0.4 is 10.9 Å². The number of halogens is 2. The van der Waals surface area contributed by atoms with Crippen LogP contribution >= 0.6 is 23.4 Å². The van der Waals surface area contributed by atoms with Crippen molar-refractivity contribution in [2.75, 3.05) is 5.32 Å². The first-order chi connectivity index (χ1) is 14.3. The molecule has 0 bridgehead atoms. The highest BCUT2D eigenvalue weighted by Crippen LogP contribution is 2.27. The number of para-hydroxylation sites is 1. The summed E-state index contributed by atoms with van der Waals surface area (Å²) in [6, 6.07) is 11.0. The SMILES string of the molecule is CC(C)CCn1c(SC(C)C(=O)Nc2ccc(F)cc2Cl)nc2ccccc2c1=O. The molecule has 5 nitrogen and oxygen atoms in total. The quantitative estimate of drug-likeness (QED) is 0.391. The minimum Gasteiger partial charge on any atom is -0.324 e. The maximum atomic E-state index is 13.2. The van der Waals surface area contributed by atoms with E-state index in [4.69, 9.17) is 11.6 Å². The number of fused-ring (bicyclic) bond motifs is 1. The van der Waals surface area contributed by atoms with E-state index in [1.807, 2.05) is 12.1 Å². The summed E-state index contributed by atoms with van der Waals surface area (Å²) in [7, 11) is 0. The van der Waals surface area contributed by atoms with Gasteiger partial charge >= 0.3 is 0 Å². The van der Waals surface area contributed by atoms with E-state index < -0.39 is 11.1 Å². The molecule has 0 radical (unpaired) electrons. The van der Waals surface area contributed by atoms with E-state index in [2.05, 4.69) is 24.1 Å². The van der Waals surface area contributed by atoms with Crippen molar-refractivity contribution in [2.24, 2.45) is 5.92 Å². The van der Waals surface area contributed by atoms with Crippen molar-refractivity contribution in [2.45, 2.75) is 44.1 Å². The standard InChI is InChI=1S/C22H23ClFN3O2S/c1-13(2)10-11-27-21(29)16-6-4-5-7-18(16)26-22(27)30-14(3)20(28)25-19-9-8-15(24)12-17(19)23/h4-9,12-14H,10-11H2,1-3H3,(H,25,28). The van der Waals surface area contributed by atoms with Gasteiger partial charge < -0.3 is 5.32 Å². The number of amides is 1. The molecule has 0 aliphatic rings. The lowest BCUT2D eigenvalue weighted by Gasteiger charge is -2.17. The number of aromatic nitrogens is 2. The number of hydrogen-bond acceptors (Lipinski definition) is 4. The van der Waals surface area contributed by atoms with Gasteiger partial charge in [0.1, 0.15) is 5.82 Å². The van der Waals surface area contributed by atoms with Crippen LogP contribution in [-0.2, 0) is 11.3 Å². The predicted molar refractivity (Wildman–Crippen MR) is 121 cm³/mol. The number of rotatable bonds is 7. The molecule has 0 saturated heterocycles. The van der Waals surface area contributed by atoms with Gasteiger partial charge in [-0.1, -0.05) is 49.3 Å². The fourth-order valence-electron chi connectivity index (χ4n) is 2.86. The third kappa shape index (κ3) is 5.21. The van der Waals surface area contributed by atoms with Gasteiger partial charge in [-0.2, -0.15) is 0 Å². The van der Waals surface area contributed by atoms with Gasteiger partial charge in [0.15, 0.2) is 5.16 Å². The number of hydrogen-bond donors (Lipinski definition) is 1. The highest BCUT2D eigenvalue weighted by Gasteiger charge is 2.20. The van der Waals surface area contributed by atoms with E-state index in [9.17, 15) is 14.0 Å². The second kappa shape index (κ2) is 9.62. The van der Waals surface area contributed by atoms with Crippen molar-refractivity contribution in [1.82, 2.24) is 9.55 Å². The summed E-state index contributed by atoms with van der Waals surface area (Å²) in [4.78, 5) is 30.4. The Balaban J connectivity index is 1.88. The minimum atomic E-state index is -0.551. The number of nitrogens with zero attached hydrogens (tertiary/aromatic N) is 2. The zero-order valence-electron chi connectivity index (χ0n) is 17.0. The Morgan fingerprint density at radius 2 is 1.97 bits per heavy atom. The molecule has 1 aromatic heterocycles. The van der Waals surface area contributed by atoms with Crippen LogP contribution in [0.3, 0.4) is 0 Å². The van der Waals surface area contributed by atoms with E-state index in [0.29, 0.717) is 34.2 Å². The van der Waals surface area contributed by atoms with Gasteiger partial charge in [-0.3, -0.25) is 14.2 Å². The molecule has 1 heterocycles. The van der Waals surface area contributed by atoms with Gasteiger partial charge in [0.2, 0.25) is 5.91 Å². The molecule has 3 aromatic rings. The number of carbonyl (C=O) groups is 1. The van der Waals surface area contributed by atoms with Crippen LogP contribution in [0.1, 0.15) is 27.2 Å². The Bertz CT molecular complexity index is 1130. The lowest BCUT2D eigenvalue weighted by molar-refractivity contribution is -0.115. The minimum absolute atomic E-state index is 0.113. The van der Waals surface area contributed by atoms with Gasteiger partial charge in [0.05, 0.1) is 26.9 Å². The predicted octanol–water partition coefficient (Wildman–Crippen LogP) is 5.35. The first-order valence-corrected chi connectivity index (χ1v) is 10.9. The number of thioether (sulfide) groups is 1. The average molecular weight is 448 g/mol. The lowest BCUT2D eigenvalue weighted by Crippen LogP contribution is -2.27. The van der Waals surface area contributed by atoms with Crippen molar-refractivity contribution in [3.05, 3.63) is 63.7 Å². The molecular weight excluding hydrogens is 425 g/mol. The highest BCUT2D eigenvalue weighted by atomic mass is 35.5. The van der Waals surface area contributed by atoms with Gasteiger partial charge in [0, 0.05) is 6.54 Å². The second-order valence-electron chi connectivity index (χ2n) is 7.42. The van der Waals surface area contributed by atoms with Crippen molar-refractivity contribution in [3.63, 3.8) is 0 Å². The second-order valence-corrected chi connectivity index (χ2v) is 9.14. The van der Waals surface area contributed by atoms with Crippen molar-refractivity contribution < 1.29 is 9.18 Å².